The largest absolute Gasteiger partial charge is 1.00 e. The molecule has 2 fully saturated rings. The molecule has 6 rings (SSSR count). The Bertz CT molecular complexity index is 1610. The van der Waals surface area contributed by atoms with E-state index in [0.29, 0.717) is 17.6 Å². The maximum atomic E-state index is 13.6. The number of halogens is 1. The number of ether oxygens (including phenoxy) is 5. The van der Waals surface area contributed by atoms with Crippen molar-refractivity contribution in [3.8, 4) is 6.07 Å². The zero-order valence-electron chi connectivity index (χ0n) is 28.2. The van der Waals surface area contributed by atoms with Gasteiger partial charge in [-0.1, -0.05) is 50.3 Å². The Labute approximate surface area is 297 Å². The van der Waals surface area contributed by atoms with Crippen LogP contribution in [-0.4, -0.2) is 72.3 Å². The number of pyridine rings is 1. The molecule has 4 bridgehead atoms. The lowest BCUT2D eigenvalue weighted by Crippen LogP contribution is -3.00. The van der Waals surface area contributed by atoms with Crippen LogP contribution in [0, 0.1) is 40.9 Å². The number of nitrogens with zero attached hydrogens (tertiary/aromatic N) is 2. The maximum Gasteiger partial charge on any atom is 0.373 e. The first-order valence-electron chi connectivity index (χ1n) is 16.6. The number of hydrogen-bond acceptors (Lipinski definition) is 10. The normalized spacial score (nSPS) is 37.6. The molecule has 262 valence electrons. The van der Waals surface area contributed by atoms with Crippen LogP contribution in [0.4, 0.5) is 0 Å². The molecule has 12 heteroatoms. The number of methoxy groups -OCH3 is 1. The van der Waals surface area contributed by atoms with Crippen molar-refractivity contribution < 1.29 is 64.7 Å². The number of aliphatic hydroxyl groups is 1. The highest BCUT2D eigenvalue weighted by Crippen LogP contribution is 2.61. The zero-order valence-corrected chi connectivity index (χ0v) is 29.8. The van der Waals surface area contributed by atoms with Gasteiger partial charge in [-0.05, 0) is 32.3 Å². The number of rotatable bonds is 7. The molecule has 1 saturated heterocycles. The molecule has 49 heavy (non-hydrogen) atoms. The van der Waals surface area contributed by atoms with E-state index in [2.05, 4.69) is 0 Å². The second-order valence-electron chi connectivity index (χ2n) is 13.7. The van der Waals surface area contributed by atoms with Crippen LogP contribution < -0.4 is 21.5 Å². The topological polar surface area (TPSA) is 145 Å². The van der Waals surface area contributed by atoms with Gasteiger partial charge in [-0.15, -0.1) is 0 Å². The molecule has 1 spiro atoms. The van der Waals surface area contributed by atoms with Gasteiger partial charge < -0.3 is 45.8 Å². The van der Waals surface area contributed by atoms with E-state index in [-0.39, 0.29) is 47.7 Å². The van der Waals surface area contributed by atoms with Crippen LogP contribution in [0.15, 0.2) is 72.1 Å². The Morgan fingerprint density at radius 1 is 1.22 bits per heavy atom. The van der Waals surface area contributed by atoms with Crippen molar-refractivity contribution in [3.63, 3.8) is 0 Å². The van der Waals surface area contributed by atoms with E-state index < -0.39 is 72.0 Å². The summed E-state index contributed by atoms with van der Waals surface area (Å²) in [5, 5.41) is 21.0. The quantitative estimate of drug-likeness (QED) is 0.177. The highest BCUT2D eigenvalue weighted by molar-refractivity contribution is 5.90. The zero-order chi connectivity index (χ0) is 34.3. The summed E-state index contributed by atoms with van der Waals surface area (Å²) in [5.74, 6) is -3.28. The third-order valence-electron chi connectivity index (χ3n) is 10.8. The highest BCUT2D eigenvalue weighted by atomic mass is 79.9. The molecule has 0 amide bonds. The van der Waals surface area contributed by atoms with Crippen LogP contribution in [0.3, 0.4) is 0 Å². The van der Waals surface area contributed by atoms with Crippen LogP contribution in [0.1, 0.15) is 46.1 Å². The lowest BCUT2D eigenvalue weighted by atomic mass is 9.57. The molecular formula is C37H43BrN2O9. The minimum Gasteiger partial charge on any atom is -1.00 e. The van der Waals surface area contributed by atoms with E-state index in [1.54, 1.807) is 42.1 Å². The van der Waals surface area contributed by atoms with E-state index in [1.165, 1.54) is 7.11 Å². The van der Waals surface area contributed by atoms with E-state index in [0.717, 1.165) is 5.57 Å². The monoisotopic (exact) mass is 738 g/mol. The predicted octanol–water partition coefficient (Wildman–Crippen LogP) is 0.0591. The fourth-order valence-electron chi connectivity index (χ4n) is 8.38. The van der Waals surface area contributed by atoms with E-state index in [1.807, 2.05) is 57.2 Å². The van der Waals surface area contributed by atoms with Gasteiger partial charge in [0.2, 0.25) is 6.54 Å². The van der Waals surface area contributed by atoms with Gasteiger partial charge in [0.1, 0.15) is 30.0 Å². The Hall–Kier alpha value is -3.63. The van der Waals surface area contributed by atoms with Gasteiger partial charge >= 0.3 is 17.9 Å². The summed E-state index contributed by atoms with van der Waals surface area (Å²) < 4.78 is 32.2. The van der Waals surface area contributed by atoms with Gasteiger partial charge in [0.05, 0.1) is 17.7 Å². The molecule has 11 nitrogen and oxygen atoms in total. The van der Waals surface area contributed by atoms with Crippen LogP contribution in [0.2, 0.25) is 0 Å². The fraction of sp³-hybridized carbons (Fsp3) is 0.541. The second-order valence-corrected chi connectivity index (χ2v) is 13.7. The smallest absolute Gasteiger partial charge is 0.373 e. The first kappa shape index (κ1) is 36.6. The number of nitriles is 1. The average Bonchev–Trinajstić information content (AvgIpc) is 3.67. The van der Waals surface area contributed by atoms with Crippen LogP contribution in [-0.2, 0) is 44.6 Å². The molecule has 5 aliphatic rings. The third-order valence-corrected chi connectivity index (χ3v) is 10.8. The summed E-state index contributed by atoms with van der Waals surface area (Å²) in [6.45, 7) is 7.34. The summed E-state index contributed by atoms with van der Waals surface area (Å²) in [6.07, 6.45) is 10.8. The molecular weight excluding hydrogens is 696 g/mol. The number of carbonyl (C=O) groups excluding carboxylic acids is 3. The fourth-order valence-corrected chi connectivity index (χ4v) is 8.38. The second kappa shape index (κ2) is 14.7. The lowest BCUT2D eigenvalue weighted by Gasteiger charge is -2.49. The molecule has 1 unspecified atom stereocenters. The third kappa shape index (κ3) is 6.66. The molecule has 1 saturated carbocycles. The predicted molar refractivity (Wildman–Crippen MR) is 169 cm³/mol. The standard InChI is InChI=1S/C37H43N2O9.BrH/c1-20-16-21(2)37-26(10-11-27-30(37)31(41)22(3)33(34(27)48-37)47-35(42)25-8-6-7-9-25)17-28(44-5)36(43)46-32(20)23(4)45-29(40)19-39-14-12-24(18-38)13-15-39;/h6-8,10-16,20,22-23,26-28,30-34,41H,9,17,19H2,1-5H3;1H/q+1;/p-1/b21-16+;/t20-,22-,23-,26?,27-,28+,30+,31-,32+,33-,34-,37+;/m1./s1. The van der Waals surface area contributed by atoms with Crippen molar-refractivity contribution in [2.24, 2.45) is 29.6 Å². The Balaban J connectivity index is 0.00000468. The van der Waals surface area contributed by atoms with Crippen LogP contribution in [0.5, 0.6) is 0 Å². The van der Waals surface area contributed by atoms with Gasteiger partial charge in [-0.25, -0.2) is 14.4 Å². The lowest BCUT2D eigenvalue weighted by molar-refractivity contribution is -0.686. The van der Waals surface area contributed by atoms with E-state index >= 15 is 0 Å². The summed E-state index contributed by atoms with van der Waals surface area (Å²) in [5.41, 5.74) is 0.881. The van der Waals surface area contributed by atoms with Crippen LogP contribution >= 0.6 is 0 Å². The number of hydrogen-bond donors (Lipinski definition) is 1. The number of aliphatic hydroxyl groups excluding tert-OH is 1. The minimum atomic E-state index is -1.01. The molecule has 1 N–H and O–H groups in total. The van der Waals surface area contributed by atoms with Crippen molar-refractivity contribution in [1.29, 1.82) is 5.26 Å². The summed E-state index contributed by atoms with van der Waals surface area (Å²) in [6, 6.07) is 5.25. The van der Waals surface area contributed by atoms with Gasteiger partial charge in [0, 0.05) is 54.4 Å². The summed E-state index contributed by atoms with van der Waals surface area (Å²) >= 11 is 0. The molecule has 1 aromatic rings. The Kier molecular flexibility index (Phi) is 11.0. The number of carbonyl (C=O) groups is 3. The van der Waals surface area contributed by atoms with Crippen molar-refractivity contribution in [3.05, 3.63) is 77.7 Å². The van der Waals surface area contributed by atoms with Crippen molar-refractivity contribution in [2.45, 2.75) is 89.3 Å². The molecule has 2 aliphatic heterocycles. The average molecular weight is 740 g/mol. The molecule has 3 heterocycles. The maximum absolute atomic E-state index is 13.6. The first-order valence-corrected chi connectivity index (χ1v) is 16.6. The Morgan fingerprint density at radius 2 is 1.96 bits per heavy atom. The SMILES string of the molecule is CO[C@H]1CC2C=C[C@H]3[C@H]4O[C@]2(/C(C)=C/[C@@H](C)[C@@H]([C@@H](C)OC(=O)C[n+]2ccc(C#N)cc2)OC1=O)[C@@H]3[C@H](O)[C@@H](C)[C@H]4OC(=O)C1=CC=CC1.[Br-]. The van der Waals surface area contributed by atoms with Crippen molar-refractivity contribution >= 4 is 17.9 Å². The van der Waals surface area contributed by atoms with Crippen molar-refractivity contribution in [1.82, 2.24) is 0 Å². The van der Waals surface area contributed by atoms with Crippen LogP contribution in [0.25, 0.3) is 0 Å². The van der Waals surface area contributed by atoms with Gasteiger partial charge in [-0.2, -0.15) is 9.83 Å². The molecule has 0 aromatic carbocycles. The van der Waals surface area contributed by atoms with Gasteiger partial charge in [0.15, 0.2) is 18.5 Å². The van der Waals surface area contributed by atoms with Gasteiger partial charge in [-0.3, -0.25) is 0 Å². The van der Waals surface area contributed by atoms with E-state index in [4.69, 9.17) is 28.9 Å². The minimum absolute atomic E-state index is 0. The highest BCUT2D eigenvalue weighted by Gasteiger charge is 2.69. The van der Waals surface area contributed by atoms with E-state index in [9.17, 15) is 19.5 Å². The summed E-state index contributed by atoms with van der Waals surface area (Å²) in [7, 11) is 1.45. The molecule has 0 radical (unpaired) electrons. The first-order chi connectivity index (χ1) is 23.0. The number of allylic oxidation sites excluding steroid dienone is 3. The molecule has 12 atom stereocenters. The van der Waals surface area contributed by atoms with Crippen molar-refractivity contribution in [2.75, 3.05) is 7.11 Å². The Morgan fingerprint density at radius 3 is 2.61 bits per heavy atom. The molecule has 3 aliphatic carbocycles. The number of esters is 3. The summed E-state index contributed by atoms with van der Waals surface area (Å²) in [4.78, 5) is 39.7. The number of aromatic nitrogens is 1. The molecule has 1 aromatic heterocycles. The van der Waals surface area contributed by atoms with Gasteiger partial charge in [0.25, 0.3) is 0 Å². The number of cyclic esters (lactones) is 1.